The van der Waals surface area contributed by atoms with Gasteiger partial charge in [0.05, 0.1) is 12.8 Å². The molecule has 3 aromatic rings. The summed E-state index contributed by atoms with van der Waals surface area (Å²) in [5, 5.41) is 12.2. The van der Waals surface area contributed by atoms with Crippen LogP contribution < -0.4 is 10.1 Å². The van der Waals surface area contributed by atoms with Gasteiger partial charge in [0.1, 0.15) is 18.1 Å². The summed E-state index contributed by atoms with van der Waals surface area (Å²) in [7, 11) is 1.47. The van der Waals surface area contributed by atoms with Crippen LogP contribution in [0.4, 0.5) is 10.5 Å². The summed E-state index contributed by atoms with van der Waals surface area (Å²) in [6.45, 7) is 0.236. The number of amides is 1. The van der Waals surface area contributed by atoms with Crippen LogP contribution in [0.2, 0.25) is 0 Å². The molecule has 27 heavy (non-hydrogen) atoms. The highest BCUT2D eigenvalue weighted by Crippen LogP contribution is 2.44. The molecule has 0 spiro atoms. The van der Waals surface area contributed by atoms with Gasteiger partial charge in [-0.25, -0.2) is 4.79 Å². The summed E-state index contributed by atoms with van der Waals surface area (Å²) in [6.07, 6.45) is -0.569. The molecule has 0 aromatic heterocycles. The summed E-state index contributed by atoms with van der Waals surface area (Å²) in [5.41, 5.74) is 5.12. The van der Waals surface area contributed by atoms with E-state index in [0.29, 0.717) is 11.4 Å². The maximum atomic E-state index is 12.3. The van der Waals surface area contributed by atoms with Crippen molar-refractivity contribution in [2.45, 2.75) is 5.92 Å². The van der Waals surface area contributed by atoms with Gasteiger partial charge in [-0.2, -0.15) is 0 Å². The third kappa shape index (κ3) is 3.19. The molecule has 5 heteroatoms. The number of carbonyl (C=O) groups excluding carboxylic acids is 1. The van der Waals surface area contributed by atoms with Crippen molar-refractivity contribution in [3.8, 4) is 22.6 Å². The summed E-state index contributed by atoms with van der Waals surface area (Å²) in [4.78, 5) is 12.3. The molecule has 0 saturated heterocycles. The highest BCUT2D eigenvalue weighted by molar-refractivity contribution is 5.87. The van der Waals surface area contributed by atoms with Gasteiger partial charge in [0.25, 0.3) is 0 Å². The number of carbonyl (C=O) groups is 1. The van der Waals surface area contributed by atoms with E-state index in [0.717, 1.165) is 11.1 Å². The van der Waals surface area contributed by atoms with Crippen LogP contribution in [-0.4, -0.2) is 24.9 Å². The number of aromatic hydroxyl groups is 1. The minimum atomic E-state index is -0.569. The molecule has 1 aliphatic rings. The molecule has 0 heterocycles. The molecule has 5 nitrogen and oxygen atoms in total. The molecule has 0 atom stereocenters. The zero-order valence-corrected chi connectivity index (χ0v) is 14.8. The van der Waals surface area contributed by atoms with E-state index in [-0.39, 0.29) is 18.3 Å². The quantitative estimate of drug-likeness (QED) is 0.657. The second-order valence-corrected chi connectivity index (χ2v) is 6.34. The van der Waals surface area contributed by atoms with Crippen molar-refractivity contribution < 1.29 is 19.4 Å². The summed E-state index contributed by atoms with van der Waals surface area (Å²) in [6, 6.07) is 20.8. The predicted molar refractivity (Wildman–Crippen MR) is 103 cm³/mol. The molecule has 2 N–H and O–H groups in total. The molecule has 0 unspecified atom stereocenters. The van der Waals surface area contributed by atoms with E-state index in [1.165, 1.54) is 30.4 Å². The molecule has 0 radical (unpaired) electrons. The molecule has 0 saturated carbocycles. The molecule has 0 fully saturated rings. The van der Waals surface area contributed by atoms with E-state index in [1.807, 2.05) is 24.3 Å². The van der Waals surface area contributed by atoms with Crippen molar-refractivity contribution in [3.63, 3.8) is 0 Å². The lowest BCUT2D eigenvalue weighted by molar-refractivity contribution is 0.158. The number of anilines is 1. The van der Waals surface area contributed by atoms with Gasteiger partial charge in [-0.15, -0.1) is 0 Å². The zero-order valence-electron chi connectivity index (χ0n) is 14.8. The topological polar surface area (TPSA) is 67.8 Å². The predicted octanol–water partition coefficient (Wildman–Crippen LogP) is 4.76. The first-order valence-corrected chi connectivity index (χ1v) is 8.66. The third-order valence-corrected chi connectivity index (χ3v) is 4.77. The molecule has 3 aromatic carbocycles. The summed E-state index contributed by atoms with van der Waals surface area (Å²) >= 11 is 0. The second kappa shape index (κ2) is 7.03. The second-order valence-electron chi connectivity index (χ2n) is 6.34. The Labute approximate surface area is 157 Å². The van der Waals surface area contributed by atoms with Crippen molar-refractivity contribution in [3.05, 3.63) is 77.9 Å². The average Bonchev–Trinajstić information content (AvgIpc) is 3.01. The Morgan fingerprint density at radius 2 is 1.63 bits per heavy atom. The van der Waals surface area contributed by atoms with Gasteiger partial charge in [-0.3, -0.25) is 5.32 Å². The first-order chi connectivity index (χ1) is 13.2. The number of hydrogen-bond acceptors (Lipinski definition) is 4. The molecule has 4 rings (SSSR count). The van der Waals surface area contributed by atoms with Gasteiger partial charge in [0, 0.05) is 12.0 Å². The number of rotatable bonds is 4. The number of hydrogen-bond donors (Lipinski definition) is 2. The van der Waals surface area contributed by atoms with E-state index >= 15 is 0 Å². The monoisotopic (exact) mass is 361 g/mol. The molecule has 136 valence electrons. The molecule has 0 aliphatic heterocycles. The number of phenols is 1. The lowest BCUT2D eigenvalue weighted by Gasteiger charge is -2.15. The minimum absolute atomic E-state index is 0.00450. The smallest absolute Gasteiger partial charge is 0.411 e. The lowest BCUT2D eigenvalue weighted by Crippen LogP contribution is -2.18. The van der Waals surface area contributed by atoms with E-state index in [4.69, 9.17) is 9.47 Å². The Morgan fingerprint density at radius 3 is 2.26 bits per heavy atom. The molecule has 0 bridgehead atoms. The van der Waals surface area contributed by atoms with Crippen LogP contribution in [0.5, 0.6) is 11.5 Å². The van der Waals surface area contributed by atoms with Crippen LogP contribution in [0.1, 0.15) is 17.0 Å². The maximum Gasteiger partial charge on any atom is 0.411 e. The highest BCUT2D eigenvalue weighted by Gasteiger charge is 2.29. The van der Waals surface area contributed by atoms with Crippen molar-refractivity contribution in [2.24, 2.45) is 0 Å². The van der Waals surface area contributed by atoms with Crippen LogP contribution in [0.3, 0.4) is 0 Å². The van der Waals surface area contributed by atoms with Crippen LogP contribution in [-0.2, 0) is 4.74 Å². The van der Waals surface area contributed by atoms with Gasteiger partial charge >= 0.3 is 6.09 Å². The number of fused-ring (bicyclic) bond motifs is 3. The number of benzene rings is 3. The summed E-state index contributed by atoms with van der Waals surface area (Å²) < 4.78 is 10.7. The highest BCUT2D eigenvalue weighted by atomic mass is 16.5. The van der Waals surface area contributed by atoms with Gasteiger partial charge in [0.15, 0.2) is 0 Å². The molecule has 1 aliphatic carbocycles. The van der Waals surface area contributed by atoms with Gasteiger partial charge in [-0.1, -0.05) is 48.5 Å². The number of phenolic OH excluding ortho intramolecular Hbond substituents is 1. The Hall–Kier alpha value is -3.47. The molecular weight excluding hydrogens is 342 g/mol. The fraction of sp³-hybridized carbons (Fsp3) is 0.136. The fourth-order valence-electron chi connectivity index (χ4n) is 3.53. The Balaban J connectivity index is 1.50. The van der Waals surface area contributed by atoms with E-state index < -0.39 is 6.09 Å². The lowest BCUT2D eigenvalue weighted by atomic mass is 9.98. The number of nitrogens with one attached hydrogen (secondary N) is 1. The molecule has 1 amide bonds. The third-order valence-electron chi connectivity index (χ3n) is 4.77. The standard InChI is InChI=1S/C22H19NO4/c1-26-21-12-14(24)10-11-20(21)23-22(25)27-13-19-17-8-4-2-6-15(17)16-7-3-5-9-18(16)19/h2-12,19,24H,13H2,1H3,(H,23,25). The van der Waals surface area contributed by atoms with Crippen molar-refractivity contribution in [1.82, 2.24) is 0 Å². The Bertz CT molecular complexity index is 954. The largest absolute Gasteiger partial charge is 0.508 e. The van der Waals surface area contributed by atoms with Crippen molar-refractivity contribution in [1.29, 1.82) is 0 Å². The van der Waals surface area contributed by atoms with Gasteiger partial charge in [-0.05, 0) is 34.4 Å². The number of methoxy groups -OCH3 is 1. The zero-order chi connectivity index (χ0) is 18.8. The average molecular weight is 361 g/mol. The van der Waals surface area contributed by atoms with Crippen LogP contribution >= 0.6 is 0 Å². The normalized spacial score (nSPS) is 12.2. The Morgan fingerprint density at radius 1 is 1.00 bits per heavy atom. The summed E-state index contributed by atoms with van der Waals surface area (Å²) in [5.74, 6) is 0.429. The maximum absolute atomic E-state index is 12.3. The van der Waals surface area contributed by atoms with Gasteiger partial charge < -0.3 is 14.6 Å². The first-order valence-electron chi connectivity index (χ1n) is 8.66. The SMILES string of the molecule is COc1cc(O)ccc1NC(=O)OCC1c2ccccc2-c2ccccc21. The first kappa shape index (κ1) is 17.0. The van der Waals surface area contributed by atoms with Crippen LogP contribution in [0.15, 0.2) is 66.7 Å². The fourth-order valence-corrected chi connectivity index (χ4v) is 3.53. The van der Waals surface area contributed by atoms with Crippen molar-refractivity contribution in [2.75, 3.05) is 19.0 Å². The minimum Gasteiger partial charge on any atom is -0.508 e. The number of ether oxygens (including phenoxy) is 2. The van der Waals surface area contributed by atoms with Crippen LogP contribution in [0, 0.1) is 0 Å². The van der Waals surface area contributed by atoms with E-state index in [2.05, 4.69) is 29.6 Å². The molecular formula is C22H19NO4. The van der Waals surface area contributed by atoms with Crippen molar-refractivity contribution >= 4 is 11.8 Å². The van der Waals surface area contributed by atoms with Crippen LogP contribution in [0.25, 0.3) is 11.1 Å². The van der Waals surface area contributed by atoms with E-state index in [9.17, 15) is 9.90 Å². The Kier molecular flexibility index (Phi) is 4.42. The van der Waals surface area contributed by atoms with E-state index in [1.54, 1.807) is 6.07 Å². The van der Waals surface area contributed by atoms with Gasteiger partial charge in [0.2, 0.25) is 0 Å².